The summed E-state index contributed by atoms with van der Waals surface area (Å²) in [6, 6.07) is 4.98. The first-order chi connectivity index (χ1) is 9.11. The highest BCUT2D eigenvalue weighted by Gasteiger charge is 2.17. The molecule has 100 valence electrons. The number of nitrogens with one attached hydrogen (secondary N) is 1. The topological polar surface area (TPSA) is 58.2 Å². The molecule has 0 atom stereocenters. The van der Waals surface area contributed by atoms with Gasteiger partial charge < -0.3 is 9.64 Å². The minimum atomic E-state index is -0.152. The number of halogens is 1. The van der Waals surface area contributed by atoms with Crippen LogP contribution in [-0.4, -0.2) is 35.2 Å². The van der Waals surface area contributed by atoms with E-state index in [4.69, 9.17) is 16.3 Å². The Morgan fingerprint density at radius 2 is 2.32 bits per heavy atom. The van der Waals surface area contributed by atoms with Crippen molar-refractivity contribution in [2.24, 2.45) is 0 Å². The first-order valence-corrected chi connectivity index (χ1v) is 6.06. The van der Waals surface area contributed by atoms with E-state index in [2.05, 4.69) is 10.2 Å². The maximum Gasteiger partial charge on any atom is 0.257 e. The number of hydrogen-bond acceptors (Lipinski definition) is 3. The van der Waals surface area contributed by atoms with E-state index in [1.165, 1.54) is 7.11 Å². The van der Waals surface area contributed by atoms with Crippen LogP contribution in [0.3, 0.4) is 0 Å². The van der Waals surface area contributed by atoms with E-state index in [0.717, 1.165) is 5.56 Å². The molecular formula is C13H14ClN3O2. The van der Waals surface area contributed by atoms with Gasteiger partial charge in [-0.25, -0.2) is 0 Å². The molecule has 1 heterocycles. The average Bonchev–Trinajstić information content (AvgIpc) is 2.90. The van der Waals surface area contributed by atoms with Gasteiger partial charge in [-0.3, -0.25) is 9.89 Å². The predicted molar refractivity (Wildman–Crippen MR) is 72.4 cm³/mol. The van der Waals surface area contributed by atoms with Crippen molar-refractivity contribution in [3.63, 3.8) is 0 Å². The summed E-state index contributed by atoms with van der Waals surface area (Å²) in [7, 11) is 3.24. The fourth-order valence-electron chi connectivity index (χ4n) is 1.76. The maximum absolute atomic E-state index is 12.4. The van der Waals surface area contributed by atoms with Gasteiger partial charge in [0.2, 0.25) is 0 Å². The van der Waals surface area contributed by atoms with E-state index >= 15 is 0 Å². The Hall–Kier alpha value is -2.01. The first kappa shape index (κ1) is 13.4. The van der Waals surface area contributed by atoms with Gasteiger partial charge in [-0.2, -0.15) is 5.10 Å². The second-order valence-corrected chi connectivity index (χ2v) is 4.55. The van der Waals surface area contributed by atoms with E-state index in [1.54, 1.807) is 42.5 Å². The number of amides is 1. The Morgan fingerprint density at radius 3 is 2.95 bits per heavy atom. The lowest BCUT2D eigenvalue weighted by Gasteiger charge is -2.18. The molecule has 5 nitrogen and oxygen atoms in total. The molecule has 0 aliphatic heterocycles. The summed E-state index contributed by atoms with van der Waals surface area (Å²) in [6.45, 7) is 0.463. The smallest absolute Gasteiger partial charge is 0.257 e. The van der Waals surface area contributed by atoms with E-state index in [-0.39, 0.29) is 5.91 Å². The zero-order valence-corrected chi connectivity index (χ0v) is 11.4. The van der Waals surface area contributed by atoms with Crippen LogP contribution in [0.4, 0.5) is 0 Å². The number of nitrogens with zero attached hydrogens (tertiary/aromatic N) is 2. The quantitative estimate of drug-likeness (QED) is 0.934. The van der Waals surface area contributed by atoms with Crippen molar-refractivity contribution in [1.82, 2.24) is 15.1 Å². The molecule has 0 aliphatic rings. The van der Waals surface area contributed by atoms with Crippen LogP contribution in [0.15, 0.2) is 30.6 Å². The van der Waals surface area contributed by atoms with Gasteiger partial charge in [0.05, 0.1) is 18.9 Å². The lowest BCUT2D eigenvalue weighted by atomic mass is 10.1. The van der Waals surface area contributed by atoms with Gasteiger partial charge in [-0.05, 0) is 18.2 Å². The summed E-state index contributed by atoms with van der Waals surface area (Å²) in [5.41, 5.74) is 1.37. The molecular weight excluding hydrogens is 266 g/mol. The van der Waals surface area contributed by atoms with Crippen LogP contribution < -0.4 is 4.74 Å². The van der Waals surface area contributed by atoms with Crippen molar-refractivity contribution in [3.05, 3.63) is 46.7 Å². The maximum atomic E-state index is 12.4. The van der Waals surface area contributed by atoms with E-state index < -0.39 is 0 Å². The van der Waals surface area contributed by atoms with Gasteiger partial charge in [-0.1, -0.05) is 11.6 Å². The number of carbonyl (C=O) groups excluding carboxylic acids is 1. The Labute approximate surface area is 116 Å². The van der Waals surface area contributed by atoms with Gasteiger partial charge >= 0.3 is 0 Å². The molecule has 2 rings (SSSR count). The molecule has 1 N–H and O–H groups in total. The largest absolute Gasteiger partial charge is 0.496 e. The van der Waals surface area contributed by atoms with Crippen molar-refractivity contribution >= 4 is 17.5 Å². The summed E-state index contributed by atoms with van der Waals surface area (Å²) in [5.74, 6) is 0.356. The fourth-order valence-corrected chi connectivity index (χ4v) is 1.93. The third-order valence-corrected chi connectivity index (χ3v) is 2.95. The summed E-state index contributed by atoms with van der Waals surface area (Å²) >= 11 is 5.92. The second-order valence-electron chi connectivity index (χ2n) is 4.11. The number of benzene rings is 1. The van der Waals surface area contributed by atoms with Crippen LogP contribution in [0, 0.1) is 0 Å². The SMILES string of the molecule is COc1ccc(Cl)cc1C(=O)N(C)Cc1cn[nH]c1. The highest BCUT2D eigenvalue weighted by atomic mass is 35.5. The highest BCUT2D eigenvalue weighted by molar-refractivity contribution is 6.31. The van der Waals surface area contributed by atoms with Crippen LogP contribution >= 0.6 is 11.6 Å². The normalized spacial score (nSPS) is 10.3. The summed E-state index contributed by atoms with van der Waals surface area (Å²) in [6.07, 6.45) is 3.43. The molecule has 0 saturated heterocycles. The molecule has 1 aromatic heterocycles. The molecule has 0 unspecified atom stereocenters. The van der Waals surface area contributed by atoms with Crippen molar-refractivity contribution < 1.29 is 9.53 Å². The number of methoxy groups -OCH3 is 1. The van der Waals surface area contributed by atoms with Crippen LogP contribution in [0.2, 0.25) is 5.02 Å². The molecule has 19 heavy (non-hydrogen) atoms. The third-order valence-electron chi connectivity index (χ3n) is 2.71. The van der Waals surface area contributed by atoms with Crippen molar-refractivity contribution in [2.45, 2.75) is 6.54 Å². The Morgan fingerprint density at radius 1 is 1.53 bits per heavy atom. The molecule has 0 bridgehead atoms. The number of carbonyl (C=O) groups is 1. The van der Waals surface area contributed by atoms with Crippen molar-refractivity contribution in [1.29, 1.82) is 0 Å². The molecule has 0 fully saturated rings. The number of aromatic nitrogens is 2. The molecule has 0 radical (unpaired) electrons. The minimum Gasteiger partial charge on any atom is -0.496 e. The van der Waals surface area contributed by atoms with E-state index in [9.17, 15) is 4.79 Å². The lowest BCUT2D eigenvalue weighted by molar-refractivity contribution is 0.0782. The number of ether oxygens (including phenoxy) is 1. The number of H-pyrrole nitrogens is 1. The zero-order valence-electron chi connectivity index (χ0n) is 10.7. The zero-order chi connectivity index (χ0) is 13.8. The van der Waals surface area contributed by atoms with E-state index in [1.807, 2.05) is 0 Å². The lowest BCUT2D eigenvalue weighted by Crippen LogP contribution is -2.26. The van der Waals surface area contributed by atoms with Gasteiger partial charge in [0.25, 0.3) is 5.91 Å². The van der Waals surface area contributed by atoms with Gasteiger partial charge in [0.15, 0.2) is 0 Å². The highest BCUT2D eigenvalue weighted by Crippen LogP contribution is 2.24. The minimum absolute atomic E-state index is 0.152. The first-order valence-electron chi connectivity index (χ1n) is 5.68. The third kappa shape index (κ3) is 3.06. The number of rotatable bonds is 4. The predicted octanol–water partition coefficient (Wildman–Crippen LogP) is 2.34. The molecule has 1 aromatic carbocycles. The average molecular weight is 280 g/mol. The number of aromatic amines is 1. The van der Waals surface area contributed by atoms with Gasteiger partial charge in [0, 0.05) is 30.4 Å². The van der Waals surface area contributed by atoms with Gasteiger partial charge in [-0.15, -0.1) is 0 Å². The van der Waals surface area contributed by atoms with Gasteiger partial charge in [0.1, 0.15) is 5.75 Å². The van der Waals surface area contributed by atoms with Crippen LogP contribution in [-0.2, 0) is 6.54 Å². The summed E-state index contributed by atoms with van der Waals surface area (Å²) < 4.78 is 5.18. The molecule has 1 amide bonds. The molecule has 0 aliphatic carbocycles. The Kier molecular flexibility index (Phi) is 4.06. The Balaban J connectivity index is 2.21. The monoisotopic (exact) mass is 279 g/mol. The molecule has 2 aromatic rings. The number of hydrogen-bond donors (Lipinski definition) is 1. The molecule has 0 spiro atoms. The van der Waals surface area contributed by atoms with Crippen molar-refractivity contribution in [2.75, 3.05) is 14.2 Å². The van der Waals surface area contributed by atoms with E-state index in [0.29, 0.717) is 22.9 Å². The fraction of sp³-hybridized carbons (Fsp3) is 0.231. The summed E-state index contributed by atoms with van der Waals surface area (Å²) in [4.78, 5) is 13.9. The second kappa shape index (κ2) is 5.75. The Bertz CT molecular complexity index is 569. The van der Waals surface area contributed by atoms with Crippen LogP contribution in [0.1, 0.15) is 15.9 Å². The van der Waals surface area contributed by atoms with Crippen molar-refractivity contribution in [3.8, 4) is 5.75 Å². The summed E-state index contributed by atoms with van der Waals surface area (Å²) in [5, 5.41) is 7.06. The van der Waals surface area contributed by atoms with Crippen LogP contribution in [0.25, 0.3) is 0 Å². The molecule has 6 heteroatoms. The van der Waals surface area contributed by atoms with Crippen LogP contribution in [0.5, 0.6) is 5.75 Å². The molecule has 0 saturated carbocycles. The standard InChI is InChI=1S/C13H14ClN3O2/c1-17(8-9-6-15-16-7-9)13(18)11-5-10(14)3-4-12(11)19-2/h3-7H,8H2,1-2H3,(H,15,16).